The minimum atomic E-state index is -4.47. The van der Waals surface area contributed by atoms with Crippen molar-refractivity contribution >= 4 is 17.5 Å². The van der Waals surface area contributed by atoms with Gasteiger partial charge in [0.15, 0.2) is 0 Å². The number of alkyl halides is 3. The fourth-order valence-electron chi connectivity index (χ4n) is 3.40. The second kappa shape index (κ2) is 8.26. The Bertz CT molecular complexity index is 690. The van der Waals surface area contributed by atoms with E-state index in [1.54, 1.807) is 0 Å². The molecule has 0 saturated carbocycles. The first-order chi connectivity index (χ1) is 12.8. The lowest BCUT2D eigenvalue weighted by Crippen LogP contribution is -3.14. The molecular formula is C18H23F3N3O3+. The lowest BCUT2D eigenvalue weighted by Gasteiger charge is -2.24. The van der Waals surface area contributed by atoms with Gasteiger partial charge in [-0.25, -0.2) is 0 Å². The van der Waals surface area contributed by atoms with Gasteiger partial charge in [0.05, 0.1) is 37.8 Å². The smallest absolute Gasteiger partial charge is 0.370 e. The summed E-state index contributed by atoms with van der Waals surface area (Å²) in [7, 11) is 0. The van der Waals surface area contributed by atoms with Crippen LogP contribution in [0.1, 0.15) is 12.0 Å². The first kappa shape index (κ1) is 19.6. The van der Waals surface area contributed by atoms with Crippen molar-refractivity contribution in [1.29, 1.82) is 0 Å². The van der Waals surface area contributed by atoms with Crippen LogP contribution in [0.4, 0.5) is 18.9 Å². The highest BCUT2D eigenvalue weighted by Crippen LogP contribution is 2.33. The van der Waals surface area contributed by atoms with Gasteiger partial charge in [-0.15, -0.1) is 0 Å². The normalized spacial score (nSPS) is 21.5. The predicted molar refractivity (Wildman–Crippen MR) is 91.3 cm³/mol. The lowest BCUT2D eigenvalue weighted by molar-refractivity contribution is -0.906. The van der Waals surface area contributed by atoms with Crippen LogP contribution in [0.25, 0.3) is 0 Å². The predicted octanol–water partition coefficient (Wildman–Crippen LogP) is 0.0896. The summed E-state index contributed by atoms with van der Waals surface area (Å²) < 4.78 is 43.9. The van der Waals surface area contributed by atoms with Crippen LogP contribution in [0.15, 0.2) is 24.3 Å². The van der Waals surface area contributed by atoms with Gasteiger partial charge in [0.2, 0.25) is 11.8 Å². The number of carbonyl (C=O) groups excluding carboxylic acids is 2. The number of morpholine rings is 1. The summed E-state index contributed by atoms with van der Waals surface area (Å²) in [6, 6.07) is 4.63. The molecule has 2 amide bonds. The number of nitrogens with one attached hydrogen (secondary N) is 2. The van der Waals surface area contributed by atoms with Crippen LogP contribution in [-0.4, -0.2) is 57.8 Å². The number of hydrogen-bond donors (Lipinski definition) is 2. The molecule has 0 aliphatic carbocycles. The molecule has 2 saturated heterocycles. The first-order valence-corrected chi connectivity index (χ1v) is 9.01. The Balaban J connectivity index is 1.54. The lowest BCUT2D eigenvalue weighted by atomic mass is 10.1. The second-order valence-electron chi connectivity index (χ2n) is 6.86. The van der Waals surface area contributed by atoms with Crippen LogP contribution in [0.2, 0.25) is 0 Å². The number of halogens is 3. The fourth-order valence-corrected chi connectivity index (χ4v) is 3.40. The second-order valence-corrected chi connectivity index (χ2v) is 6.86. The Labute approximate surface area is 155 Å². The van der Waals surface area contributed by atoms with Gasteiger partial charge >= 0.3 is 6.18 Å². The monoisotopic (exact) mass is 386 g/mol. The molecule has 27 heavy (non-hydrogen) atoms. The van der Waals surface area contributed by atoms with E-state index in [1.165, 1.54) is 21.9 Å². The van der Waals surface area contributed by atoms with E-state index in [2.05, 4.69) is 5.32 Å². The molecule has 2 heterocycles. The quantitative estimate of drug-likeness (QED) is 0.754. The maximum Gasteiger partial charge on any atom is 0.416 e. The van der Waals surface area contributed by atoms with Crippen molar-refractivity contribution in [3.05, 3.63) is 29.8 Å². The van der Waals surface area contributed by atoms with E-state index in [9.17, 15) is 22.8 Å². The van der Waals surface area contributed by atoms with Gasteiger partial charge in [0.25, 0.3) is 0 Å². The van der Waals surface area contributed by atoms with Gasteiger partial charge in [-0.05, 0) is 18.2 Å². The third-order valence-corrected chi connectivity index (χ3v) is 4.96. The van der Waals surface area contributed by atoms with E-state index in [-0.39, 0.29) is 30.5 Å². The summed E-state index contributed by atoms with van der Waals surface area (Å²) in [4.78, 5) is 27.2. The number of anilines is 1. The molecule has 0 unspecified atom stereocenters. The number of ether oxygens (including phenoxy) is 1. The number of rotatable bonds is 5. The number of carbonyl (C=O) groups is 2. The van der Waals surface area contributed by atoms with Crippen LogP contribution in [-0.2, 0) is 20.5 Å². The average Bonchev–Trinajstić information content (AvgIpc) is 3.04. The van der Waals surface area contributed by atoms with Crippen LogP contribution < -0.4 is 15.1 Å². The van der Waals surface area contributed by atoms with Crippen molar-refractivity contribution < 1.29 is 32.4 Å². The topological polar surface area (TPSA) is 63.1 Å². The molecule has 2 N–H and O–H groups in total. The molecule has 0 spiro atoms. The molecule has 0 bridgehead atoms. The van der Waals surface area contributed by atoms with Crippen LogP contribution in [0.5, 0.6) is 0 Å². The number of amides is 2. The van der Waals surface area contributed by atoms with Gasteiger partial charge in [-0.3, -0.25) is 9.59 Å². The largest absolute Gasteiger partial charge is 0.416 e. The van der Waals surface area contributed by atoms with Crippen molar-refractivity contribution in [1.82, 2.24) is 5.32 Å². The zero-order valence-corrected chi connectivity index (χ0v) is 14.8. The molecule has 2 aliphatic heterocycles. The molecule has 6 nitrogen and oxygen atoms in total. The first-order valence-electron chi connectivity index (χ1n) is 9.01. The number of nitrogens with zero attached hydrogens (tertiary/aromatic N) is 1. The Morgan fingerprint density at radius 1 is 1.30 bits per heavy atom. The van der Waals surface area contributed by atoms with Gasteiger partial charge < -0.3 is 19.9 Å². The molecule has 3 rings (SSSR count). The minimum absolute atomic E-state index is 0.00644. The molecule has 2 fully saturated rings. The molecule has 1 atom stereocenters. The highest BCUT2D eigenvalue weighted by Gasteiger charge is 2.36. The summed E-state index contributed by atoms with van der Waals surface area (Å²) in [5, 5.41) is 2.84. The van der Waals surface area contributed by atoms with E-state index in [0.29, 0.717) is 19.8 Å². The third-order valence-electron chi connectivity index (χ3n) is 4.96. The molecule has 0 aromatic heterocycles. The summed E-state index contributed by atoms with van der Waals surface area (Å²) in [5.41, 5.74) is -0.642. The van der Waals surface area contributed by atoms with Gasteiger partial charge in [-0.2, -0.15) is 13.2 Å². The van der Waals surface area contributed by atoms with Gasteiger partial charge in [-0.1, -0.05) is 6.07 Å². The van der Waals surface area contributed by atoms with Crippen LogP contribution >= 0.6 is 0 Å². The minimum Gasteiger partial charge on any atom is -0.370 e. The zero-order chi connectivity index (χ0) is 19.4. The molecule has 9 heteroatoms. The SMILES string of the molecule is O=C(NCC[NH+]1CCOCC1)[C@@H]1CC(=O)N(c2cccc(C(F)(F)F)c2)C1. The van der Waals surface area contributed by atoms with Crippen molar-refractivity contribution in [2.24, 2.45) is 5.92 Å². The standard InChI is InChI=1S/C18H22F3N3O3/c19-18(20,21)14-2-1-3-15(11-14)24-12-13(10-16(24)25)17(26)22-4-5-23-6-8-27-9-7-23/h1-3,11,13H,4-10,12H2,(H,22,26)/p+1/t13-/m1/s1. The van der Waals surface area contributed by atoms with E-state index in [0.717, 1.165) is 31.8 Å². The summed E-state index contributed by atoms with van der Waals surface area (Å²) in [6.07, 6.45) is -4.47. The number of benzene rings is 1. The molecular weight excluding hydrogens is 363 g/mol. The number of quaternary nitrogens is 1. The Kier molecular flexibility index (Phi) is 6.01. The third kappa shape index (κ3) is 4.98. The average molecular weight is 386 g/mol. The zero-order valence-electron chi connectivity index (χ0n) is 14.8. The van der Waals surface area contributed by atoms with Crippen LogP contribution in [0, 0.1) is 5.92 Å². The molecule has 1 aromatic rings. The fraction of sp³-hybridized carbons (Fsp3) is 0.556. The van der Waals surface area contributed by atoms with Crippen molar-refractivity contribution in [2.45, 2.75) is 12.6 Å². The van der Waals surface area contributed by atoms with Crippen molar-refractivity contribution in [3.8, 4) is 0 Å². The molecule has 2 aliphatic rings. The highest BCUT2D eigenvalue weighted by molar-refractivity contribution is 6.00. The van der Waals surface area contributed by atoms with Crippen LogP contribution in [0.3, 0.4) is 0 Å². The van der Waals surface area contributed by atoms with Crippen molar-refractivity contribution in [3.63, 3.8) is 0 Å². The Hall–Kier alpha value is -2.13. The van der Waals surface area contributed by atoms with E-state index in [1.807, 2.05) is 0 Å². The van der Waals surface area contributed by atoms with E-state index >= 15 is 0 Å². The summed E-state index contributed by atoms with van der Waals surface area (Å²) in [5.74, 6) is -1.12. The summed E-state index contributed by atoms with van der Waals surface area (Å²) >= 11 is 0. The maximum absolute atomic E-state index is 12.9. The molecule has 1 aromatic carbocycles. The molecule has 148 valence electrons. The van der Waals surface area contributed by atoms with E-state index < -0.39 is 17.7 Å². The van der Waals surface area contributed by atoms with E-state index in [4.69, 9.17) is 4.74 Å². The van der Waals surface area contributed by atoms with Gasteiger partial charge in [0.1, 0.15) is 13.1 Å². The Morgan fingerprint density at radius 3 is 2.74 bits per heavy atom. The highest BCUT2D eigenvalue weighted by atomic mass is 19.4. The Morgan fingerprint density at radius 2 is 2.04 bits per heavy atom. The number of hydrogen-bond acceptors (Lipinski definition) is 3. The summed E-state index contributed by atoms with van der Waals surface area (Å²) in [6.45, 7) is 4.62. The maximum atomic E-state index is 12.9. The van der Waals surface area contributed by atoms with Gasteiger partial charge in [0, 0.05) is 18.7 Å². The molecule has 0 radical (unpaired) electrons. The van der Waals surface area contributed by atoms with Crippen molar-refractivity contribution in [2.75, 3.05) is 50.8 Å².